The van der Waals surface area contributed by atoms with E-state index in [0.717, 1.165) is 20.1 Å². The lowest BCUT2D eigenvalue weighted by Gasteiger charge is -2.15. The predicted octanol–water partition coefficient (Wildman–Crippen LogP) is 1.92. The Kier molecular flexibility index (Phi) is 3.84. The van der Waals surface area contributed by atoms with Gasteiger partial charge in [-0.05, 0) is 12.1 Å². The Morgan fingerprint density at radius 2 is 1.70 bits per heavy atom. The molecule has 0 bridgehead atoms. The number of ether oxygens (including phenoxy) is 2. The van der Waals surface area contributed by atoms with Gasteiger partial charge in [-0.15, -0.1) is 0 Å². The largest absolute Gasteiger partial charge is 0.463 e. The standard InChI is InChI=1S/C14H12O6/c1-8(15)19-14(20-9(2)16)11-7-18-12-6-4-3-5-10(12)13(11)17/h3-7,14H,1-2H3. The lowest BCUT2D eigenvalue weighted by Crippen LogP contribution is -2.21. The van der Waals surface area contributed by atoms with Crippen molar-refractivity contribution in [2.24, 2.45) is 0 Å². The molecule has 0 saturated carbocycles. The van der Waals surface area contributed by atoms with Crippen LogP contribution < -0.4 is 5.43 Å². The van der Waals surface area contributed by atoms with Crippen molar-refractivity contribution >= 4 is 22.9 Å². The van der Waals surface area contributed by atoms with Gasteiger partial charge in [-0.2, -0.15) is 0 Å². The summed E-state index contributed by atoms with van der Waals surface area (Å²) in [5.41, 5.74) is -0.0703. The number of rotatable bonds is 3. The van der Waals surface area contributed by atoms with Crippen molar-refractivity contribution in [3.63, 3.8) is 0 Å². The number of esters is 2. The summed E-state index contributed by atoms with van der Waals surface area (Å²) in [6, 6.07) is 6.60. The molecule has 1 heterocycles. The highest BCUT2D eigenvalue weighted by Gasteiger charge is 2.23. The highest BCUT2D eigenvalue weighted by Crippen LogP contribution is 2.19. The van der Waals surface area contributed by atoms with Crippen LogP contribution in [-0.2, 0) is 19.1 Å². The molecule has 1 aromatic carbocycles. The first kappa shape index (κ1) is 13.8. The highest BCUT2D eigenvalue weighted by atomic mass is 16.7. The van der Waals surface area contributed by atoms with Gasteiger partial charge in [0.1, 0.15) is 17.4 Å². The quantitative estimate of drug-likeness (QED) is 0.629. The van der Waals surface area contributed by atoms with Crippen LogP contribution in [0.2, 0.25) is 0 Å². The van der Waals surface area contributed by atoms with E-state index >= 15 is 0 Å². The zero-order valence-electron chi connectivity index (χ0n) is 10.9. The van der Waals surface area contributed by atoms with E-state index in [1.165, 1.54) is 0 Å². The van der Waals surface area contributed by atoms with E-state index < -0.39 is 23.7 Å². The van der Waals surface area contributed by atoms with Crippen molar-refractivity contribution in [3.05, 3.63) is 46.3 Å². The van der Waals surface area contributed by atoms with Gasteiger partial charge in [0.15, 0.2) is 0 Å². The fraction of sp³-hybridized carbons (Fsp3) is 0.214. The lowest BCUT2D eigenvalue weighted by atomic mass is 10.1. The number of carbonyl (C=O) groups excluding carboxylic acids is 2. The molecule has 2 aromatic rings. The molecule has 0 N–H and O–H groups in total. The molecule has 0 aliphatic heterocycles. The SMILES string of the molecule is CC(=O)OC(OC(C)=O)c1coc2ccccc2c1=O. The van der Waals surface area contributed by atoms with Gasteiger partial charge in [-0.25, -0.2) is 0 Å². The van der Waals surface area contributed by atoms with E-state index in [0.29, 0.717) is 11.0 Å². The van der Waals surface area contributed by atoms with Crippen molar-refractivity contribution in [1.82, 2.24) is 0 Å². The van der Waals surface area contributed by atoms with Crippen LogP contribution in [0.15, 0.2) is 39.7 Å². The summed E-state index contributed by atoms with van der Waals surface area (Å²) in [7, 11) is 0. The van der Waals surface area contributed by atoms with Crippen molar-refractivity contribution in [2.75, 3.05) is 0 Å². The summed E-state index contributed by atoms with van der Waals surface area (Å²) in [6.07, 6.45) is -0.285. The third-order valence-corrected chi connectivity index (χ3v) is 2.51. The maximum atomic E-state index is 12.3. The minimum Gasteiger partial charge on any atom is -0.463 e. The van der Waals surface area contributed by atoms with Crippen LogP contribution in [-0.4, -0.2) is 11.9 Å². The fourth-order valence-electron chi connectivity index (χ4n) is 1.71. The molecule has 0 unspecified atom stereocenters. The maximum absolute atomic E-state index is 12.3. The normalized spacial score (nSPS) is 10.6. The number of hydrogen-bond donors (Lipinski definition) is 0. The Bertz CT molecular complexity index is 699. The Hall–Kier alpha value is -2.63. The number of benzene rings is 1. The van der Waals surface area contributed by atoms with Crippen molar-refractivity contribution in [3.8, 4) is 0 Å². The molecule has 104 valence electrons. The molecule has 0 saturated heterocycles. The van der Waals surface area contributed by atoms with E-state index in [4.69, 9.17) is 13.9 Å². The third kappa shape index (κ3) is 2.85. The van der Waals surface area contributed by atoms with E-state index in [1.54, 1.807) is 24.3 Å². The molecule has 0 aliphatic carbocycles. The van der Waals surface area contributed by atoms with Crippen LogP contribution >= 0.6 is 0 Å². The Morgan fingerprint density at radius 3 is 2.30 bits per heavy atom. The average Bonchev–Trinajstić information content (AvgIpc) is 2.37. The number of carbonyl (C=O) groups is 2. The molecule has 0 spiro atoms. The fourth-order valence-corrected chi connectivity index (χ4v) is 1.71. The molecular formula is C14H12O6. The van der Waals surface area contributed by atoms with E-state index in [1.807, 2.05) is 0 Å². The minimum absolute atomic E-state index is 0.0471. The topological polar surface area (TPSA) is 82.8 Å². The first-order valence-corrected chi connectivity index (χ1v) is 5.84. The number of fused-ring (bicyclic) bond motifs is 1. The van der Waals surface area contributed by atoms with Crippen molar-refractivity contribution in [2.45, 2.75) is 20.1 Å². The molecule has 1 aromatic heterocycles. The number of para-hydroxylation sites is 1. The Labute approximate surface area is 113 Å². The monoisotopic (exact) mass is 276 g/mol. The van der Waals surface area contributed by atoms with Crippen LogP contribution in [0.5, 0.6) is 0 Å². The molecule has 0 atom stereocenters. The van der Waals surface area contributed by atoms with Gasteiger partial charge in [0.2, 0.25) is 5.43 Å². The molecule has 2 rings (SSSR count). The van der Waals surface area contributed by atoms with Gasteiger partial charge in [-0.3, -0.25) is 14.4 Å². The predicted molar refractivity (Wildman–Crippen MR) is 68.8 cm³/mol. The molecule has 0 radical (unpaired) electrons. The second-order valence-corrected chi connectivity index (χ2v) is 4.07. The summed E-state index contributed by atoms with van der Waals surface area (Å²) in [4.78, 5) is 34.4. The van der Waals surface area contributed by atoms with Crippen LogP contribution in [0.3, 0.4) is 0 Å². The summed E-state index contributed by atoms with van der Waals surface area (Å²) < 4.78 is 15.0. The smallest absolute Gasteiger partial charge is 0.305 e. The third-order valence-electron chi connectivity index (χ3n) is 2.51. The molecule has 0 aliphatic rings. The van der Waals surface area contributed by atoms with Crippen LogP contribution in [0, 0.1) is 0 Å². The van der Waals surface area contributed by atoms with Crippen molar-refractivity contribution < 1.29 is 23.5 Å². The minimum atomic E-state index is -1.41. The van der Waals surface area contributed by atoms with Gasteiger partial charge in [0.25, 0.3) is 6.29 Å². The Balaban J connectivity index is 2.52. The molecular weight excluding hydrogens is 264 g/mol. The Morgan fingerprint density at radius 1 is 1.10 bits per heavy atom. The van der Waals surface area contributed by atoms with E-state index in [-0.39, 0.29) is 5.56 Å². The van der Waals surface area contributed by atoms with Crippen LogP contribution in [0.1, 0.15) is 25.7 Å². The van der Waals surface area contributed by atoms with Gasteiger partial charge in [0, 0.05) is 13.8 Å². The first-order valence-electron chi connectivity index (χ1n) is 5.84. The summed E-state index contributed by atoms with van der Waals surface area (Å²) >= 11 is 0. The van der Waals surface area contributed by atoms with Gasteiger partial charge in [-0.1, -0.05) is 12.1 Å². The summed E-state index contributed by atoms with van der Waals surface area (Å²) in [5, 5.41) is 0.314. The van der Waals surface area contributed by atoms with Gasteiger partial charge >= 0.3 is 11.9 Å². The molecule has 0 fully saturated rings. The van der Waals surface area contributed by atoms with Gasteiger partial charge < -0.3 is 13.9 Å². The number of hydrogen-bond acceptors (Lipinski definition) is 6. The summed E-state index contributed by atoms with van der Waals surface area (Å²) in [6.45, 7) is 2.30. The highest BCUT2D eigenvalue weighted by molar-refractivity contribution is 5.77. The van der Waals surface area contributed by atoms with Crippen LogP contribution in [0.25, 0.3) is 11.0 Å². The van der Waals surface area contributed by atoms with Crippen LogP contribution in [0.4, 0.5) is 0 Å². The first-order chi connectivity index (χ1) is 9.49. The van der Waals surface area contributed by atoms with Crippen molar-refractivity contribution in [1.29, 1.82) is 0 Å². The average molecular weight is 276 g/mol. The molecule has 6 nitrogen and oxygen atoms in total. The van der Waals surface area contributed by atoms with Gasteiger partial charge in [0.05, 0.1) is 5.39 Å². The zero-order valence-corrected chi connectivity index (χ0v) is 10.9. The zero-order chi connectivity index (χ0) is 14.7. The summed E-state index contributed by atoms with van der Waals surface area (Å²) in [5.74, 6) is -1.35. The lowest BCUT2D eigenvalue weighted by molar-refractivity contribution is -0.186. The molecule has 6 heteroatoms. The molecule has 20 heavy (non-hydrogen) atoms. The maximum Gasteiger partial charge on any atom is 0.305 e. The molecule has 0 amide bonds. The second-order valence-electron chi connectivity index (χ2n) is 4.07. The van der Waals surface area contributed by atoms with E-state index in [9.17, 15) is 14.4 Å². The second kappa shape index (κ2) is 5.56. The van der Waals surface area contributed by atoms with E-state index in [2.05, 4.69) is 0 Å².